The Balaban J connectivity index is 2.25. The molecule has 11 heteroatoms. The quantitative estimate of drug-likeness (QED) is 0.493. The van der Waals surface area contributed by atoms with Crippen molar-refractivity contribution in [3.05, 3.63) is 35.9 Å². The molecule has 0 amide bonds. The lowest BCUT2D eigenvalue weighted by molar-refractivity contribution is 0.259. The zero-order valence-corrected chi connectivity index (χ0v) is 17.5. The Morgan fingerprint density at radius 1 is 1.18 bits per heavy atom. The number of aliphatic hydroxyl groups excluding tert-OH is 1. The average Bonchev–Trinajstić information content (AvgIpc) is 2.58. The highest BCUT2D eigenvalue weighted by Gasteiger charge is 2.15. The van der Waals surface area contributed by atoms with Crippen LogP contribution in [0.25, 0.3) is 0 Å². The van der Waals surface area contributed by atoms with Gasteiger partial charge in [-0.05, 0) is 24.5 Å². The number of nitrogens with zero attached hydrogens (tertiary/aromatic N) is 3. The van der Waals surface area contributed by atoms with Crippen LogP contribution in [-0.2, 0) is 15.8 Å². The lowest BCUT2D eigenvalue weighted by Crippen LogP contribution is -2.27. The summed E-state index contributed by atoms with van der Waals surface area (Å²) in [5.74, 6) is 0.473. The fourth-order valence-electron chi connectivity index (χ4n) is 2.40. The highest BCUT2D eigenvalue weighted by atomic mass is 32.2. The van der Waals surface area contributed by atoms with Crippen LogP contribution < -0.4 is 10.0 Å². The van der Waals surface area contributed by atoms with E-state index in [-0.39, 0.29) is 41.9 Å². The third kappa shape index (κ3) is 7.56. The van der Waals surface area contributed by atoms with E-state index in [0.29, 0.717) is 17.2 Å². The summed E-state index contributed by atoms with van der Waals surface area (Å²) >= 11 is 1.19. The van der Waals surface area contributed by atoms with Crippen LogP contribution in [0.15, 0.2) is 29.2 Å². The average molecular weight is 430 g/mol. The maximum absolute atomic E-state index is 13.8. The first-order valence-electron chi connectivity index (χ1n) is 8.63. The van der Waals surface area contributed by atoms with Crippen LogP contribution in [-0.4, -0.2) is 47.4 Å². The molecular weight excluding hydrogens is 405 g/mol. The van der Waals surface area contributed by atoms with Gasteiger partial charge >= 0.3 is 0 Å². The van der Waals surface area contributed by atoms with Crippen LogP contribution in [0.1, 0.15) is 26.1 Å². The molecular formula is C17H24FN5O3S2. The van der Waals surface area contributed by atoms with Gasteiger partial charge in [0.1, 0.15) is 11.6 Å². The molecule has 1 aromatic carbocycles. The summed E-state index contributed by atoms with van der Waals surface area (Å²) in [6.45, 7) is 3.91. The van der Waals surface area contributed by atoms with Gasteiger partial charge in [-0.15, -0.1) is 11.8 Å². The van der Waals surface area contributed by atoms with Crippen LogP contribution >= 0.6 is 11.8 Å². The van der Waals surface area contributed by atoms with Crippen molar-refractivity contribution in [1.82, 2.24) is 15.0 Å². The number of aliphatic hydroxyl groups is 1. The zero-order chi connectivity index (χ0) is 20.7. The normalized spacial score (nSPS) is 12.8. The molecule has 0 bridgehead atoms. The van der Waals surface area contributed by atoms with E-state index in [9.17, 15) is 17.9 Å². The van der Waals surface area contributed by atoms with Crippen LogP contribution in [0.5, 0.6) is 0 Å². The van der Waals surface area contributed by atoms with Gasteiger partial charge in [0.15, 0.2) is 0 Å². The van der Waals surface area contributed by atoms with E-state index in [1.807, 2.05) is 13.8 Å². The van der Waals surface area contributed by atoms with Gasteiger partial charge in [-0.25, -0.2) is 12.8 Å². The van der Waals surface area contributed by atoms with Crippen molar-refractivity contribution >= 4 is 33.7 Å². The summed E-state index contributed by atoms with van der Waals surface area (Å²) in [5.41, 5.74) is 0. The van der Waals surface area contributed by atoms with Gasteiger partial charge in [0.05, 0.1) is 24.7 Å². The number of benzene rings is 1. The minimum absolute atomic E-state index is 0.127. The van der Waals surface area contributed by atoms with Crippen molar-refractivity contribution in [3.63, 3.8) is 0 Å². The Labute approximate surface area is 168 Å². The van der Waals surface area contributed by atoms with Crippen LogP contribution in [0, 0.1) is 11.7 Å². The predicted octanol–water partition coefficient (Wildman–Crippen LogP) is 2.49. The molecule has 1 heterocycles. The third-order valence-electron chi connectivity index (χ3n) is 3.46. The molecule has 0 aliphatic carbocycles. The standard InChI is InChI=1S/C17H24FN5O3S2/c1-11(2)8-12(9-24)19-16-20-15(21-17(22-16)23-28(3,25)26)10-27-14-7-5-4-6-13(14)18/h4-7,11-12,24H,8-10H2,1-3H3,(H2,19,20,21,22,23)/t12-/m1/s1. The molecule has 0 saturated carbocycles. The summed E-state index contributed by atoms with van der Waals surface area (Å²) in [6.07, 6.45) is 1.67. The van der Waals surface area contributed by atoms with Crippen molar-refractivity contribution in [3.8, 4) is 0 Å². The van der Waals surface area contributed by atoms with Gasteiger partial charge in [-0.2, -0.15) is 15.0 Å². The van der Waals surface area contributed by atoms with Crippen molar-refractivity contribution in [2.24, 2.45) is 5.92 Å². The molecule has 28 heavy (non-hydrogen) atoms. The summed E-state index contributed by atoms with van der Waals surface area (Å²) in [5, 5.41) is 12.6. The smallest absolute Gasteiger partial charge is 0.241 e. The Morgan fingerprint density at radius 3 is 2.46 bits per heavy atom. The van der Waals surface area contributed by atoms with Crippen molar-refractivity contribution < 1.29 is 17.9 Å². The van der Waals surface area contributed by atoms with Crippen LogP contribution in [0.2, 0.25) is 0 Å². The second-order valence-corrected chi connectivity index (χ2v) is 9.41. The van der Waals surface area contributed by atoms with Crippen LogP contribution in [0.4, 0.5) is 16.3 Å². The molecule has 154 valence electrons. The monoisotopic (exact) mass is 429 g/mol. The fourth-order valence-corrected chi connectivity index (χ4v) is 3.61. The fraction of sp³-hybridized carbons (Fsp3) is 0.471. The van der Waals surface area contributed by atoms with E-state index in [4.69, 9.17) is 0 Å². The third-order valence-corrected chi connectivity index (χ3v) is 5.06. The van der Waals surface area contributed by atoms with Crippen molar-refractivity contribution in [2.45, 2.75) is 37.0 Å². The maximum Gasteiger partial charge on any atom is 0.241 e. The highest BCUT2D eigenvalue weighted by molar-refractivity contribution is 7.98. The maximum atomic E-state index is 13.8. The van der Waals surface area contributed by atoms with Crippen LogP contribution in [0.3, 0.4) is 0 Å². The summed E-state index contributed by atoms with van der Waals surface area (Å²) in [4.78, 5) is 12.9. The molecule has 0 aliphatic heterocycles. The van der Waals surface area contributed by atoms with E-state index in [1.165, 1.54) is 17.8 Å². The number of thioether (sulfide) groups is 1. The zero-order valence-electron chi connectivity index (χ0n) is 15.9. The number of sulfonamides is 1. The lowest BCUT2D eigenvalue weighted by Gasteiger charge is -2.18. The van der Waals surface area contributed by atoms with Gasteiger partial charge in [-0.1, -0.05) is 26.0 Å². The Bertz CT molecular complexity index is 896. The molecule has 2 rings (SSSR count). The van der Waals surface area contributed by atoms with Gasteiger partial charge in [0.25, 0.3) is 0 Å². The molecule has 0 unspecified atom stereocenters. The summed E-state index contributed by atoms with van der Waals surface area (Å²) < 4.78 is 39.1. The minimum atomic E-state index is -3.58. The molecule has 0 spiro atoms. The first-order chi connectivity index (χ1) is 13.2. The number of aromatic nitrogens is 3. The number of anilines is 2. The molecule has 0 saturated heterocycles. The highest BCUT2D eigenvalue weighted by Crippen LogP contribution is 2.25. The topological polar surface area (TPSA) is 117 Å². The van der Waals surface area contributed by atoms with Crippen molar-refractivity contribution in [2.75, 3.05) is 22.9 Å². The summed E-state index contributed by atoms with van der Waals surface area (Å²) in [6, 6.07) is 6.03. The molecule has 0 fully saturated rings. The second kappa shape index (κ2) is 9.99. The van der Waals surface area contributed by atoms with E-state index in [0.717, 1.165) is 6.26 Å². The molecule has 1 aromatic heterocycles. The second-order valence-electron chi connectivity index (χ2n) is 6.65. The SMILES string of the molecule is CC(C)C[C@H](CO)Nc1nc(CSc2ccccc2F)nc(NS(C)(=O)=O)n1. The minimum Gasteiger partial charge on any atom is -0.394 e. The van der Waals surface area contributed by atoms with Gasteiger partial charge in [0, 0.05) is 4.90 Å². The first kappa shape index (κ1) is 22.3. The predicted molar refractivity (Wildman–Crippen MR) is 108 cm³/mol. The number of rotatable bonds is 10. The molecule has 8 nitrogen and oxygen atoms in total. The number of hydrogen-bond donors (Lipinski definition) is 3. The summed E-state index contributed by atoms with van der Waals surface area (Å²) in [7, 11) is -3.58. The first-order valence-corrected chi connectivity index (χ1v) is 11.5. The van der Waals surface area contributed by atoms with Crippen molar-refractivity contribution in [1.29, 1.82) is 0 Å². The molecule has 0 aliphatic rings. The van der Waals surface area contributed by atoms with E-state index < -0.39 is 10.0 Å². The van der Waals surface area contributed by atoms with Gasteiger partial charge < -0.3 is 10.4 Å². The molecule has 0 radical (unpaired) electrons. The van der Waals surface area contributed by atoms with Gasteiger partial charge in [0.2, 0.25) is 21.9 Å². The van der Waals surface area contributed by atoms with E-state index in [2.05, 4.69) is 25.0 Å². The van der Waals surface area contributed by atoms with E-state index >= 15 is 0 Å². The molecule has 1 atom stereocenters. The lowest BCUT2D eigenvalue weighted by atomic mass is 10.0. The van der Waals surface area contributed by atoms with E-state index in [1.54, 1.807) is 18.2 Å². The molecule has 3 N–H and O–H groups in total. The molecule has 2 aromatic rings. The van der Waals surface area contributed by atoms with Gasteiger partial charge in [-0.3, -0.25) is 4.72 Å². The number of hydrogen-bond acceptors (Lipinski definition) is 8. The Morgan fingerprint density at radius 2 is 1.86 bits per heavy atom. The largest absolute Gasteiger partial charge is 0.394 e. The Hall–Kier alpha value is -1.98. The number of halogens is 1. The Kier molecular flexibility index (Phi) is 7.96. The number of nitrogens with one attached hydrogen (secondary N) is 2.